The van der Waals surface area contributed by atoms with Crippen molar-refractivity contribution in [3.05, 3.63) is 38.1 Å². The van der Waals surface area contributed by atoms with Gasteiger partial charge in [0.25, 0.3) is 0 Å². The summed E-state index contributed by atoms with van der Waals surface area (Å²) in [5.41, 5.74) is 0.986. The highest BCUT2D eigenvalue weighted by Gasteiger charge is 2.13. The van der Waals surface area contributed by atoms with Crippen molar-refractivity contribution in [3.63, 3.8) is 0 Å². The first kappa shape index (κ1) is 12.1. The van der Waals surface area contributed by atoms with Crippen molar-refractivity contribution in [3.8, 4) is 0 Å². The van der Waals surface area contributed by atoms with E-state index in [1.54, 1.807) is 17.5 Å². The summed E-state index contributed by atoms with van der Waals surface area (Å²) in [6.45, 7) is 2.97. The normalized spacial score (nSPS) is 12.9. The number of nitrogens with zero attached hydrogens (tertiary/aromatic N) is 2. The van der Waals surface area contributed by atoms with Gasteiger partial charge < -0.3 is 9.67 Å². The molecular weight excluding hydrogens is 335 g/mol. The van der Waals surface area contributed by atoms with Crippen molar-refractivity contribution in [2.45, 2.75) is 26.0 Å². The molecule has 0 spiro atoms. The third-order valence-corrected chi connectivity index (χ3v) is 4.30. The molecule has 86 valence electrons. The number of hydrogen-bond acceptors (Lipinski definition) is 3. The highest BCUT2D eigenvalue weighted by molar-refractivity contribution is 14.1. The fourth-order valence-corrected chi connectivity index (χ4v) is 3.03. The maximum atomic E-state index is 10.1. The quantitative estimate of drug-likeness (QED) is 0.863. The Balaban J connectivity index is 2.10. The fourth-order valence-electron chi connectivity index (χ4n) is 1.61. The van der Waals surface area contributed by atoms with Gasteiger partial charge in [-0.3, -0.25) is 0 Å². The van der Waals surface area contributed by atoms with Gasteiger partial charge in [-0.05, 0) is 46.5 Å². The Morgan fingerprint density at radius 2 is 2.44 bits per heavy atom. The molecule has 0 aliphatic carbocycles. The van der Waals surface area contributed by atoms with Crippen LogP contribution in [0.5, 0.6) is 0 Å². The van der Waals surface area contributed by atoms with Crippen molar-refractivity contribution in [2.24, 2.45) is 0 Å². The van der Waals surface area contributed by atoms with Gasteiger partial charge in [-0.25, -0.2) is 4.98 Å². The van der Waals surface area contributed by atoms with E-state index in [0.29, 0.717) is 6.42 Å². The second-order valence-electron chi connectivity index (χ2n) is 3.53. The topological polar surface area (TPSA) is 38.0 Å². The van der Waals surface area contributed by atoms with Gasteiger partial charge in [0.1, 0.15) is 5.82 Å². The van der Waals surface area contributed by atoms with Crippen LogP contribution in [0.3, 0.4) is 0 Å². The van der Waals surface area contributed by atoms with Crippen molar-refractivity contribution in [1.29, 1.82) is 0 Å². The molecule has 0 radical (unpaired) electrons. The van der Waals surface area contributed by atoms with Crippen molar-refractivity contribution in [2.75, 3.05) is 0 Å². The summed E-state index contributed by atoms with van der Waals surface area (Å²) in [6.07, 6.45) is 3.85. The van der Waals surface area contributed by atoms with Gasteiger partial charge in [0.15, 0.2) is 0 Å². The van der Waals surface area contributed by atoms with E-state index in [-0.39, 0.29) is 0 Å². The first-order valence-electron chi connectivity index (χ1n) is 5.12. The molecule has 0 fully saturated rings. The van der Waals surface area contributed by atoms with Crippen molar-refractivity contribution >= 4 is 33.9 Å². The predicted octanol–water partition coefficient (Wildman–Crippen LogP) is 2.85. The van der Waals surface area contributed by atoms with E-state index in [2.05, 4.69) is 39.1 Å². The summed E-state index contributed by atoms with van der Waals surface area (Å²) in [5, 5.41) is 12.1. The van der Waals surface area contributed by atoms with Crippen LogP contribution in [0.25, 0.3) is 0 Å². The monoisotopic (exact) mass is 348 g/mol. The summed E-state index contributed by atoms with van der Waals surface area (Å²) >= 11 is 3.92. The van der Waals surface area contributed by atoms with E-state index < -0.39 is 6.10 Å². The zero-order valence-corrected chi connectivity index (χ0v) is 11.9. The Labute approximate surface area is 112 Å². The number of hydrogen-bond donors (Lipinski definition) is 1. The average Bonchev–Trinajstić information content (AvgIpc) is 2.86. The minimum absolute atomic E-state index is 0.451. The minimum Gasteiger partial charge on any atom is -0.388 e. The van der Waals surface area contributed by atoms with Crippen LogP contribution < -0.4 is 0 Å². The Kier molecular flexibility index (Phi) is 3.99. The smallest absolute Gasteiger partial charge is 0.111 e. The SMILES string of the molecule is CCn1ccnc1CC(O)c1csc(I)c1. The third kappa shape index (κ3) is 2.64. The Morgan fingerprint density at radius 3 is 3.06 bits per heavy atom. The fraction of sp³-hybridized carbons (Fsp3) is 0.364. The molecule has 1 N–H and O–H groups in total. The molecule has 2 heterocycles. The summed E-state index contributed by atoms with van der Waals surface area (Å²) in [4.78, 5) is 4.26. The molecular formula is C11H13IN2OS. The van der Waals surface area contributed by atoms with E-state index in [0.717, 1.165) is 17.9 Å². The van der Waals surface area contributed by atoms with Gasteiger partial charge in [0, 0.05) is 25.4 Å². The van der Waals surface area contributed by atoms with E-state index >= 15 is 0 Å². The number of thiophene rings is 1. The zero-order valence-electron chi connectivity index (χ0n) is 8.93. The standard InChI is InChI=1S/C11H13IN2OS/c1-2-14-4-3-13-11(14)6-9(15)8-5-10(12)16-7-8/h3-5,7,9,15H,2,6H2,1H3. The zero-order chi connectivity index (χ0) is 11.5. The van der Waals surface area contributed by atoms with Crippen LogP contribution in [0.4, 0.5) is 0 Å². The number of imidazole rings is 1. The summed E-state index contributed by atoms with van der Waals surface area (Å²) in [6, 6.07) is 2.02. The molecule has 2 aromatic rings. The van der Waals surface area contributed by atoms with Crippen LogP contribution >= 0.6 is 33.9 Å². The molecule has 3 nitrogen and oxygen atoms in total. The van der Waals surface area contributed by atoms with Gasteiger partial charge in [-0.1, -0.05) is 0 Å². The molecule has 0 bridgehead atoms. The lowest BCUT2D eigenvalue weighted by Gasteiger charge is -2.09. The third-order valence-electron chi connectivity index (χ3n) is 2.49. The molecule has 16 heavy (non-hydrogen) atoms. The average molecular weight is 348 g/mol. The maximum Gasteiger partial charge on any atom is 0.111 e. The molecule has 0 saturated carbocycles. The largest absolute Gasteiger partial charge is 0.388 e. The maximum absolute atomic E-state index is 10.1. The lowest BCUT2D eigenvalue weighted by atomic mass is 10.1. The highest BCUT2D eigenvalue weighted by atomic mass is 127. The molecule has 0 aliphatic rings. The Morgan fingerprint density at radius 1 is 1.62 bits per heavy atom. The second-order valence-corrected chi connectivity index (χ2v) is 6.34. The number of aromatic nitrogens is 2. The number of halogens is 1. The molecule has 1 atom stereocenters. The van der Waals surface area contributed by atoms with Crippen molar-refractivity contribution < 1.29 is 5.11 Å². The van der Waals surface area contributed by atoms with Gasteiger partial charge in [0.2, 0.25) is 0 Å². The number of aryl methyl sites for hydroxylation is 1. The molecule has 2 aromatic heterocycles. The van der Waals surface area contributed by atoms with Crippen LogP contribution in [-0.4, -0.2) is 14.7 Å². The first-order chi connectivity index (χ1) is 7.70. The van der Waals surface area contributed by atoms with E-state index in [9.17, 15) is 5.11 Å². The van der Waals surface area contributed by atoms with Crippen molar-refractivity contribution in [1.82, 2.24) is 9.55 Å². The summed E-state index contributed by atoms with van der Waals surface area (Å²) in [5.74, 6) is 0.941. The number of rotatable bonds is 4. The first-order valence-corrected chi connectivity index (χ1v) is 7.08. The minimum atomic E-state index is -0.451. The van der Waals surface area contributed by atoms with Gasteiger partial charge in [-0.2, -0.15) is 0 Å². The van der Waals surface area contributed by atoms with Crippen LogP contribution in [0, 0.1) is 2.88 Å². The molecule has 0 amide bonds. The van der Waals surface area contributed by atoms with Crippen LogP contribution in [0.15, 0.2) is 23.8 Å². The predicted molar refractivity (Wildman–Crippen MR) is 73.6 cm³/mol. The van der Waals surface area contributed by atoms with Crippen LogP contribution in [-0.2, 0) is 13.0 Å². The number of aliphatic hydroxyl groups excluding tert-OH is 1. The van der Waals surface area contributed by atoms with Gasteiger partial charge in [0.05, 0.1) is 8.99 Å². The van der Waals surface area contributed by atoms with E-state index in [1.165, 1.54) is 2.88 Å². The summed E-state index contributed by atoms with van der Waals surface area (Å²) in [7, 11) is 0. The second kappa shape index (κ2) is 5.29. The Hall–Kier alpha value is -0.400. The van der Waals surface area contributed by atoms with Crippen LogP contribution in [0.2, 0.25) is 0 Å². The van der Waals surface area contributed by atoms with Crippen LogP contribution in [0.1, 0.15) is 24.4 Å². The molecule has 2 rings (SSSR count). The van der Waals surface area contributed by atoms with Gasteiger partial charge in [-0.15, -0.1) is 11.3 Å². The Bertz CT molecular complexity index is 466. The molecule has 1 unspecified atom stereocenters. The lowest BCUT2D eigenvalue weighted by Crippen LogP contribution is -2.07. The number of aliphatic hydroxyl groups is 1. The molecule has 0 aliphatic heterocycles. The van der Waals surface area contributed by atoms with E-state index in [4.69, 9.17) is 0 Å². The molecule has 0 aromatic carbocycles. The van der Waals surface area contributed by atoms with E-state index in [1.807, 2.05) is 17.6 Å². The highest BCUT2D eigenvalue weighted by Crippen LogP contribution is 2.24. The molecule has 0 saturated heterocycles. The molecule has 5 heteroatoms. The lowest BCUT2D eigenvalue weighted by molar-refractivity contribution is 0.175. The summed E-state index contributed by atoms with van der Waals surface area (Å²) < 4.78 is 3.26. The van der Waals surface area contributed by atoms with Gasteiger partial charge >= 0.3 is 0 Å².